The molecular weight excluding hydrogens is 266 g/mol. The minimum Gasteiger partial charge on any atom is -0.396 e. The van der Waals surface area contributed by atoms with Crippen LogP contribution in [0.1, 0.15) is 31.7 Å². The summed E-state index contributed by atoms with van der Waals surface area (Å²) in [5.41, 5.74) is 1.17. The van der Waals surface area contributed by atoms with Gasteiger partial charge in [0.25, 0.3) is 0 Å². The number of benzene rings is 1. The van der Waals surface area contributed by atoms with E-state index in [1.807, 2.05) is 6.07 Å². The van der Waals surface area contributed by atoms with Crippen molar-refractivity contribution in [3.8, 4) is 0 Å². The fraction of sp³-hybridized carbons (Fsp3) is 0.571. The zero-order valence-electron chi connectivity index (χ0n) is 10.7. The van der Waals surface area contributed by atoms with E-state index >= 15 is 0 Å². The Morgan fingerprint density at radius 2 is 2.28 bits per heavy atom. The van der Waals surface area contributed by atoms with E-state index in [0.29, 0.717) is 11.3 Å². The van der Waals surface area contributed by atoms with Gasteiger partial charge in [0.15, 0.2) is 0 Å². The molecule has 1 aliphatic rings. The van der Waals surface area contributed by atoms with E-state index in [2.05, 4.69) is 24.4 Å². The second kappa shape index (κ2) is 6.80. The minimum absolute atomic E-state index is 0.241. The van der Waals surface area contributed by atoms with E-state index in [9.17, 15) is 0 Å². The van der Waals surface area contributed by atoms with Crippen LogP contribution in [0, 0.1) is 0 Å². The lowest BCUT2D eigenvalue weighted by Crippen LogP contribution is -2.15. The van der Waals surface area contributed by atoms with Crippen molar-refractivity contribution in [1.29, 1.82) is 0 Å². The summed E-state index contributed by atoms with van der Waals surface area (Å²) in [5.74, 6) is 0. The lowest BCUT2D eigenvalue weighted by Gasteiger charge is -2.11. The molecule has 1 unspecified atom stereocenters. The Kier molecular flexibility index (Phi) is 5.37. The molecule has 1 saturated carbocycles. The molecule has 1 atom stereocenters. The third-order valence-corrected chi connectivity index (χ3v) is 4.57. The summed E-state index contributed by atoms with van der Waals surface area (Å²) in [7, 11) is 0. The van der Waals surface area contributed by atoms with Crippen LogP contribution in [0.15, 0.2) is 23.1 Å². The van der Waals surface area contributed by atoms with Gasteiger partial charge >= 0.3 is 0 Å². The quantitative estimate of drug-likeness (QED) is 0.753. The zero-order valence-corrected chi connectivity index (χ0v) is 12.2. The Bertz CT molecular complexity index is 395. The van der Waals surface area contributed by atoms with Crippen LogP contribution in [-0.2, 0) is 6.54 Å². The number of hydrogen-bond acceptors (Lipinski definition) is 3. The van der Waals surface area contributed by atoms with Crippen LogP contribution in [0.5, 0.6) is 0 Å². The molecule has 4 heteroatoms. The molecule has 1 aliphatic carbocycles. The number of rotatable bonds is 7. The summed E-state index contributed by atoms with van der Waals surface area (Å²) in [6, 6.07) is 6.96. The monoisotopic (exact) mass is 285 g/mol. The summed E-state index contributed by atoms with van der Waals surface area (Å²) in [6.45, 7) is 3.23. The van der Waals surface area contributed by atoms with Crippen LogP contribution in [-0.4, -0.2) is 23.0 Å². The Morgan fingerprint density at radius 1 is 1.50 bits per heavy atom. The van der Waals surface area contributed by atoms with Crippen molar-refractivity contribution in [3.05, 3.63) is 28.8 Å². The van der Waals surface area contributed by atoms with Gasteiger partial charge in [0, 0.05) is 34.4 Å². The van der Waals surface area contributed by atoms with E-state index < -0.39 is 0 Å². The Hall–Kier alpha value is -0.220. The number of aliphatic hydroxyl groups excluding tert-OH is 1. The summed E-state index contributed by atoms with van der Waals surface area (Å²) >= 11 is 8.05. The fourth-order valence-corrected chi connectivity index (χ4v) is 3.09. The lowest BCUT2D eigenvalue weighted by atomic mass is 10.2. The highest BCUT2D eigenvalue weighted by atomic mass is 35.5. The van der Waals surface area contributed by atoms with Crippen molar-refractivity contribution in [1.82, 2.24) is 5.32 Å². The molecule has 2 N–H and O–H groups in total. The van der Waals surface area contributed by atoms with Gasteiger partial charge < -0.3 is 10.4 Å². The third kappa shape index (κ3) is 4.47. The first-order chi connectivity index (χ1) is 8.69. The molecule has 2 rings (SSSR count). The predicted molar refractivity (Wildman–Crippen MR) is 78.3 cm³/mol. The highest BCUT2D eigenvalue weighted by Crippen LogP contribution is 2.29. The predicted octanol–water partition coefficient (Wildman–Crippen LogP) is 3.46. The maximum Gasteiger partial charge on any atom is 0.0462 e. The van der Waals surface area contributed by atoms with E-state index in [-0.39, 0.29) is 6.61 Å². The average Bonchev–Trinajstić information content (AvgIpc) is 3.12. The molecule has 0 saturated heterocycles. The molecular formula is C14H20ClNOS. The van der Waals surface area contributed by atoms with Crippen LogP contribution in [0.25, 0.3) is 0 Å². The molecule has 0 amide bonds. The number of thioether (sulfide) groups is 1. The molecule has 1 fully saturated rings. The maximum atomic E-state index is 8.89. The second-order valence-electron chi connectivity index (χ2n) is 4.85. The van der Waals surface area contributed by atoms with Gasteiger partial charge in [-0.2, -0.15) is 0 Å². The Balaban J connectivity index is 1.90. The first-order valence-corrected chi connectivity index (χ1v) is 7.74. The van der Waals surface area contributed by atoms with Gasteiger partial charge in [-0.25, -0.2) is 0 Å². The average molecular weight is 286 g/mol. The number of nitrogens with one attached hydrogen (secondary N) is 1. The summed E-state index contributed by atoms with van der Waals surface area (Å²) < 4.78 is 0. The van der Waals surface area contributed by atoms with E-state index in [0.717, 1.165) is 18.0 Å². The van der Waals surface area contributed by atoms with Gasteiger partial charge in [0.1, 0.15) is 0 Å². The van der Waals surface area contributed by atoms with Crippen LogP contribution < -0.4 is 5.32 Å². The van der Waals surface area contributed by atoms with Crippen LogP contribution in [0.3, 0.4) is 0 Å². The molecule has 0 aromatic heterocycles. The smallest absolute Gasteiger partial charge is 0.0462 e. The van der Waals surface area contributed by atoms with Gasteiger partial charge in [0.2, 0.25) is 0 Å². The molecule has 0 radical (unpaired) electrons. The van der Waals surface area contributed by atoms with E-state index in [1.165, 1.54) is 23.3 Å². The number of halogens is 1. The van der Waals surface area contributed by atoms with E-state index in [1.54, 1.807) is 11.8 Å². The second-order valence-corrected chi connectivity index (χ2v) is 6.77. The van der Waals surface area contributed by atoms with Crippen molar-refractivity contribution < 1.29 is 5.11 Å². The van der Waals surface area contributed by atoms with Gasteiger partial charge in [0.05, 0.1) is 0 Å². The highest BCUT2D eigenvalue weighted by molar-refractivity contribution is 7.99. The summed E-state index contributed by atoms with van der Waals surface area (Å²) in [4.78, 5) is 1.18. The molecule has 0 heterocycles. The molecule has 100 valence electrons. The topological polar surface area (TPSA) is 32.3 Å². The SMILES string of the molecule is CC(CCO)Sc1ccc(CNC2CC2)c(Cl)c1. The number of aliphatic hydroxyl groups is 1. The molecule has 0 bridgehead atoms. The Morgan fingerprint density at radius 3 is 2.89 bits per heavy atom. The largest absolute Gasteiger partial charge is 0.396 e. The van der Waals surface area contributed by atoms with Crippen molar-refractivity contribution in [2.45, 2.75) is 48.9 Å². The maximum absolute atomic E-state index is 8.89. The molecule has 2 nitrogen and oxygen atoms in total. The van der Waals surface area contributed by atoms with Crippen molar-refractivity contribution in [2.75, 3.05) is 6.61 Å². The summed E-state index contributed by atoms with van der Waals surface area (Å²) in [6.07, 6.45) is 3.40. The van der Waals surface area contributed by atoms with Crippen molar-refractivity contribution >= 4 is 23.4 Å². The molecule has 1 aromatic rings. The van der Waals surface area contributed by atoms with Crippen LogP contribution >= 0.6 is 23.4 Å². The minimum atomic E-state index is 0.241. The highest BCUT2D eigenvalue weighted by Gasteiger charge is 2.20. The van der Waals surface area contributed by atoms with Gasteiger partial charge in [-0.3, -0.25) is 0 Å². The first kappa shape index (κ1) is 14.2. The third-order valence-electron chi connectivity index (χ3n) is 3.06. The van der Waals surface area contributed by atoms with E-state index in [4.69, 9.17) is 16.7 Å². The summed E-state index contributed by atoms with van der Waals surface area (Å²) in [5, 5.41) is 13.6. The Labute approximate surface area is 118 Å². The van der Waals surface area contributed by atoms with Crippen molar-refractivity contribution in [2.24, 2.45) is 0 Å². The van der Waals surface area contributed by atoms with Gasteiger partial charge in [-0.1, -0.05) is 24.6 Å². The van der Waals surface area contributed by atoms with Gasteiger partial charge in [-0.15, -0.1) is 11.8 Å². The molecule has 18 heavy (non-hydrogen) atoms. The van der Waals surface area contributed by atoms with Gasteiger partial charge in [-0.05, 0) is 37.0 Å². The first-order valence-electron chi connectivity index (χ1n) is 6.48. The fourth-order valence-electron chi connectivity index (χ4n) is 1.76. The number of hydrogen-bond donors (Lipinski definition) is 2. The normalized spacial score (nSPS) is 16.8. The van der Waals surface area contributed by atoms with Crippen molar-refractivity contribution in [3.63, 3.8) is 0 Å². The lowest BCUT2D eigenvalue weighted by molar-refractivity contribution is 0.289. The molecule has 0 aliphatic heterocycles. The zero-order chi connectivity index (χ0) is 13.0. The van der Waals surface area contributed by atoms with Crippen LogP contribution in [0.2, 0.25) is 5.02 Å². The molecule has 1 aromatic carbocycles. The molecule has 0 spiro atoms. The van der Waals surface area contributed by atoms with Crippen LogP contribution in [0.4, 0.5) is 0 Å². The standard InChI is InChI=1S/C14H20ClNOS/c1-10(6-7-17)18-13-5-2-11(14(15)8-13)9-16-12-3-4-12/h2,5,8,10,12,16-17H,3-4,6-7,9H2,1H3.